The summed E-state index contributed by atoms with van der Waals surface area (Å²) in [5.74, 6) is 2.13. The summed E-state index contributed by atoms with van der Waals surface area (Å²) in [6.07, 6.45) is 1.56. The van der Waals surface area contributed by atoms with Gasteiger partial charge in [-0.3, -0.25) is 9.79 Å². The lowest BCUT2D eigenvalue weighted by Crippen LogP contribution is -2.55. The molecule has 1 N–H and O–H groups in total. The summed E-state index contributed by atoms with van der Waals surface area (Å²) < 4.78 is 10.8. The predicted molar refractivity (Wildman–Crippen MR) is 100 cm³/mol. The zero-order valence-corrected chi connectivity index (χ0v) is 16.7. The Labute approximate surface area is 160 Å². The number of hydrogen-bond donors (Lipinski definition) is 1. The SMILES string of the molecule is CN=C(NCc1noc(C(C)(C)C)n1)N1CCN(C(=O)C2CCCO2)CC1. The van der Waals surface area contributed by atoms with Gasteiger partial charge in [0.2, 0.25) is 5.89 Å². The number of ether oxygens (including phenoxy) is 1. The highest BCUT2D eigenvalue weighted by Crippen LogP contribution is 2.19. The molecule has 0 radical (unpaired) electrons. The number of nitrogens with one attached hydrogen (secondary N) is 1. The highest BCUT2D eigenvalue weighted by molar-refractivity contribution is 5.82. The number of rotatable bonds is 3. The highest BCUT2D eigenvalue weighted by atomic mass is 16.5. The van der Waals surface area contributed by atoms with Crippen molar-refractivity contribution >= 4 is 11.9 Å². The molecule has 150 valence electrons. The molecule has 2 saturated heterocycles. The Morgan fingerprint density at radius 1 is 1.26 bits per heavy atom. The number of guanidine groups is 1. The van der Waals surface area contributed by atoms with Gasteiger partial charge in [0.15, 0.2) is 11.8 Å². The Morgan fingerprint density at radius 3 is 2.52 bits per heavy atom. The minimum Gasteiger partial charge on any atom is -0.368 e. The normalized spacial score (nSPS) is 21.6. The molecule has 0 spiro atoms. The van der Waals surface area contributed by atoms with Crippen molar-refractivity contribution in [3.05, 3.63) is 11.7 Å². The molecular formula is C18H30N6O3. The quantitative estimate of drug-likeness (QED) is 0.613. The van der Waals surface area contributed by atoms with Crippen LogP contribution < -0.4 is 5.32 Å². The fraction of sp³-hybridized carbons (Fsp3) is 0.778. The minimum absolute atomic E-state index is 0.122. The first-order valence-electron chi connectivity index (χ1n) is 9.57. The van der Waals surface area contributed by atoms with Crippen LogP contribution in [0.3, 0.4) is 0 Å². The molecule has 27 heavy (non-hydrogen) atoms. The Balaban J connectivity index is 1.49. The lowest BCUT2D eigenvalue weighted by molar-refractivity contribution is -0.142. The molecule has 1 aromatic rings. The van der Waals surface area contributed by atoms with Gasteiger partial charge in [0, 0.05) is 45.2 Å². The van der Waals surface area contributed by atoms with Gasteiger partial charge in [-0.2, -0.15) is 4.98 Å². The van der Waals surface area contributed by atoms with E-state index in [2.05, 4.69) is 25.3 Å². The molecule has 2 aliphatic heterocycles. The van der Waals surface area contributed by atoms with E-state index in [4.69, 9.17) is 9.26 Å². The van der Waals surface area contributed by atoms with E-state index in [-0.39, 0.29) is 17.4 Å². The Bertz CT molecular complexity index is 667. The number of carbonyl (C=O) groups excluding carboxylic acids is 1. The van der Waals surface area contributed by atoms with Crippen molar-refractivity contribution in [1.29, 1.82) is 0 Å². The van der Waals surface area contributed by atoms with E-state index in [1.807, 2.05) is 25.7 Å². The molecule has 0 aromatic carbocycles. The van der Waals surface area contributed by atoms with Gasteiger partial charge in [-0.25, -0.2) is 0 Å². The van der Waals surface area contributed by atoms with Gasteiger partial charge in [-0.15, -0.1) is 0 Å². The van der Waals surface area contributed by atoms with Crippen molar-refractivity contribution in [2.24, 2.45) is 4.99 Å². The molecule has 3 rings (SSSR count). The number of hydrogen-bond acceptors (Lipinski definition) is 6. The maximum Gasteiger partial charge on any atom is 0.251 e. The van der Waals surface area contributed by atoms with Crippen molar-refractivity contribution in [2.45, 2.75) is 51.7 Å². The van der Waals surface area contributed by atoms with Gasteiger partial charge >= 0.3 is 0 Å². The third-order valence-corrected chi connectivity index (χ3v) is 4.82. The molecule has 1 amide bonds. The predicted octanol–water partition coefficient (Wildman–Crippen LogP) is 0.766. The van der Waals surface area contributed by atoms with Crippen LogP contribution in [0.2, 0.25) is 0 Å². The van der Waals surface area contributed by atoms with E-state index in [9.17, 15) is 4.79 Å². The minimum atomic E-state index is -0.246. The number of aromatic nitrogens is 2. The topological polar surface area (TPSA) is 96.1 Å². The van der Waals surface area contributed by atoms with Crippen molar-refractivity contribution in [2.75, 3.05) is 39.8 Å². The summed E-state index contributed by atoms with van der Waals surface area (Å²) in [4.78, 5) is 25.3. The maximum absolute atomic E-state index is 12.5. The Kier molecular flexibility index (Phi) is 5.98. The van der Waals surface area contributed by atoms with E-state index in [0.717, 1.165) is 31.9 Å². The zero-order chi connectivity index (χ0) is 19.4. The summed E-state index contributed by atoms with van der Waals surface area (Å²) in [6, 6.07) is 0. The fourth-order valence-corrected chi connectivity index (χ4v) is 3.24. The van der Waals surface area contributed by atoms with Crippen LogP contribution in [-0.2, 0) is 21.5 Å². The highest BCUT2D eigenvalue weighted by Gasteiger charge is 2.31. The molecule has 0 bridgehead atoms. The smallest absolute Gasteiger partial charge is 0.251 e. The van der Waals surface area contributed by atoms with E-state index in [0.29, 0.717) is 38.0 Å². The molecule has 2 aliphatic rings. The van der Waals surface area contributed by atoms with Crippen molar-refractivity contribution < 1.29 is 14.1 Å². The standard InChI is InChI=1S/C18H30N6O3/c1-18(2,3)16-21-14(22-27-16)12-20-17(19-4)24-9-7-23(8-10-24)15(25)13-6-5-11-26-13/h13H,5-12H2,1-4H3,(H,19,20). The number of carbonyl (C=O) groups is 1. The van der Waals surface area contributed by atoms with Crippen LogP contribution >= 0.6 is 0 Å². The van der Waals surface area contributed by atoms with Gasteiger partial charge in [-0.1, -0.05) is 25.9 Å². The molecule has 9 heteroatoms. The molecule has 0 saturated carbocycles. The van der Waals surface area contributed by atoms with Crippen molar-refractivity contribution in [3.63, 3.8) is 0 Å². The van der Waals surface area contributed by atoms with Crippen molar-refractivity contribution in [3.8, 4) is 0 Å². The molecule has 0 aliphatic carbocycles. The maximum atomic E-state index is 12.5. The summed E-state index contributed by atoms with van der Waals surface area (Å²) in [7, 11) is 1.75. The lowest BCUT2D eigenvalue weighted by atomic mass is 9.97. The number of amides is 1. The van der Waals surface area contributed by atoms with Gasteiger partial charge in [0.05, 0.1) is 6.54 Å². The zero-order valence-electron chi connectivity index (χ0n) is 16.7. The fourth-order valence-electron chi connectivity index (χ4n) is 3.24. The van der Waals surface area contributed by atoms with Crippen LogP contribution in [-0.4, -0.2) is 77.7 Å². The Hall–Kier alpha value is -2.16. The van der Waals surface area contributed by atoms with Gasteiger partial charge in [0.25, 0.3) is 5.91 Å². The van der Waals surface area contributed by atoms with Crippen LogP contribution in [0, 0.1) is 0 Å². The molecule has 1 atom stereocenters. The van der Waals surface area contributed by atoms with Gasteiger partial charge in [-0.05, 0) is 12.8 Å². The first kappa shape index (κ1) is 19.6. The Morgan fingerprint density at radius 2 is 1.96 bits per heavy atom. The monoisotopic (exact) mass is 378 g/mol. The summed E-state index contributed by atoms with van der Waals surface area (Å²) in [5, 5.41) is 7.31. The number of piperazine rings is 1. The first-order chi connectivity index (χ1) is 12.9. The first-order valence-corrected chi connectivity index (χ1v) is 9.57. The molecule has 9 nitrogen and oxygen atoms in total. The van der Waals surface area contributed by atoms with Crippen LogP contribution in [0.15, 0.2) is 9.52 Å². The molecule has 1 unspecified atom stereocenters. The second-order valence-electron chi connectivity index (χ2n) is 7.98. The molecule has 1 aromatic heterocycles. The number of aliphatic imine (C=N–C) groups is 1. The second kappa shape index (κ2) is 8.24. The van der Waals surface area contributed by atoms with Gasteiger partial charge in [0.1, 0.15) is 6.10 Å². The van der Waals surface area contributed by atoms with Crippen molar-refractivity contribution in [1.82, 2.24) is 25.3 Å². The van der Waals surface area contributed by atoms with E-state index in [1.54, 1.807) is 7.05 Å². The molecule has 2 fully saturated rings. The van der Waals surface area contributed by atoms with E-state index >= 15 is 0 Å². The van der Waals surface area contributed by atoms with Crippen LogP contribution in [0.1, 0.15) is 45.3 Å². The third-order valence-electron chi connectivity index (χ3n) is 4.82. The number of nitrogens with zero attached hydrogens (tertiary/aromatic N) is 5. The average Bonchev–Trinajstić information content (AvgIpc) is 3.34. The molecular weight excluding hydrogens is 348 g/mol. The largest absolute Gasteiger partial charge is 0.368 e. The van der Waals surface area contributed by atoms with E-state index < -0.39 is 0 Å². The molecule has 3 heterocycles. The van der Waals surface area contributed by atoms with Crippen LogP contribution in [0.4, 0.5) is 0 Å². The summed E-state index contributed by atoms with van der Waals surface area (Å²) >= 11 is 0. The third kappa shape index (κ3) is 4.77. The van der Waals surface area contributed by atoms with Gasteiger partial charge < -0.3 is 24.4 Å². The van der Waals surface area contributed by atoms with Crippen LogP contribution in [0.25, 0.3) is 0 Å². The van der Waals surface area contributed by atoms with E-state index in [1.165, 1.54) is 0 Å². The lowest BCUT2D eigenvalue weighted by Gasteiger charge is -2.37. The summed E-state index contributed by atoms with van der Waals surface area (Å²) in [5.41, 5.74) is -0.168. The average molecular weight is 378 g/mol. The van der Waals surface area contributed by atoms with Crippen LogP contribution in [0.5, 0.6) is 0 Å². The summed E-state index contributed by atoms with van der Waals surface area (Å²) in [6.45, 7) is 10.1. The second-order valence-corrected chi connectivity index (χ2v) is 7.98.